The third-order valence-corrected chi connectivity index (χ3v) is 3.71. The average molecular weight is 351 g/mol. The minimum atomic E-state index is -0.321. The Kier molecular flexibility index (Phi) is 4.93. The number of fused-ring (bicyclic) bond motifs is 1. The van der Waals surface area contributed by atoms with Gasteiger partial charge in [-0.2, -0.15) is 5.10 Å². The second kappa shape index (κ2) is 7.47. The summed E-state index contributed by atoms with van der Waals surface area (Å²) >= 11 is 0. The van der Waals surface area contributed by atoms with Gasteiger partial charge >= 0.3 is 6.03 Å². The van der Waals surface area contributed by atoms with Gasteiger partial charge in [0.05, 0.1) is 11.7 Å². The summed E-state index contributed by atoms with van der Waals surface area (Å²) in [6.45, 7) is -0.0287. The first-order chi connectivity index (χ1) is 12.6. The van der Waals surface area contributed by atoms with E-state index in [0.717, 1.165) is 0 Å². The average Bonchev–Trinajstić information content (AvgIpc) is 2.66. The fraction of sp³-hybridized carbons (Fsp3) is 0.111. The third-order valence-electron chi connectivity index (χ3n) is 3.71. The zero-order valence-electron chi connectivity index (χ0n) is 14.0. The highest BCUT2D eigenvalue weighted by atomic mass is 16.2. The van der Waals surface area contributed by atoms with Gasteiger partial charge in [-0.3, -0.25) is 14.3 Å². The minimum absolute atomic E-state index is 0.0287. The van der Waals surface area contributed by atoms with Gasteiger partial charge in [-0.25, -0.2) is 4.79 Å². The molecule has 1 aromatic heterocycles. The van der Waals surface area contributed by atoms with Crippen LogP contribution in [0.5, 0.6) is 0 Å². The lowest BCUT2D eigenvalue weighted by atomic mass is 10.2. The van der Waals surface area contributed by atoms with E-state index in [1.165, 1.54) is 17.9 Å². The van der Waals surface area contributed by atoms with Gasteiger partial charge in [0.2, 0.25) is 11.3 Å². The zero-order chi connectivity index (χ0) is 18.5. The number of para-hydroxylation sites is 1. The van der Waals surface area contributed by atoms with Crippen LogP contribution in [0.15, 0.2) is 59.5 Å². The van der Waals surface area contributed by atoms with E-state index in [0.29, 0.717) is 22.3 Å². The molecule has 2 aromatic carbocycles. The molecule has 0 atom stereocenters. The molecule has 3 amide bonds. The SMILES string of the molecule is CNC(=O)Nc1ccc(NC(=O)Cn2ncc(=O)c3ccccc32)cc1. The molecule has 0 saturated carbocycles. The summed E-state index contributed by atoms with van der Waals surface area (Å²) < 4.78 is 1.48. The van der Waals surface area contributed by atoms with Crippen molar-refractivity contribution in [1.29, 1.82) is 0 Å². The standard InChI is InChI=1S/C18H17N5O3/c1-19-18(26)22-13-8-6-12(7-9-13)21-17(25)11-23-15-5-3-2-4-14(15)16(24)10-20-23/h2-10H,11H2,1H3,(H,21,25)(H2,19,22,26). The lowest BCUT2D eigenvalue weighted by molar-refractivity contribution is -0.116. The van der Waals surface area contributed by atoms with E-state index >= 15 is 0 Å². The highest BCUT2D eigenvalue weighted by Crippen LogP contribution is 2.14. The molecule has 0 aliphatic rings. The summed E-state index contributed by atoms with van der Waals surface area (Å²) in [5, 5.41) is 12.4. The quantitative estimate of drug-likeness (QED) is 0.666. The van der Waals surface area contributed by atoms with E-state index in [1.54, 1.807) is 48.5 Å². The summed E-state index contributed by atoms with van der Waals surface area (Å²) in [6.07, 6.45) is 1.20. The van der Waals surface area contributed by atoms with Crippen LogP contribution in [0.2, 0.25) is 0 Å². The molecule has 0 saturated heterocycles. The molecule has 0 bridgehead atoms. The van der Waals surface area contributed by atoms with Crippen LogP contribution < -0.4 is 21.4 Å². The lowest BCUT2D eigenvalue weighted by Gasteiger charge is -2.10. The summed E-state index contributed by atoms with van der Waals surface area (Å²) in [7, 11) is 1.53. The van der Waals surface area contributed by atoms with Gasteiger partial charge in [-0.05, 0) is 36.4 Å². The highest BCUT2D eigenvalue weighted by Gasteiger charge is 2.08. The van der Waals surface area contributed by atoms with Crippen LogP contribution in [0.3, 0.4) is 0 Å². The van der Waals surface area contributed by atoms with Crippen LogP contribution >= 0.6 is 0 Å². The second-order valence-electron chi connectivity index (χ2n) is 5.51. The number of nitrogens with zero attached hydrogens (tertiary/aromatic N) is 2. The maximum Gasteiger partial charge on any atom is 0.318 e. The van der Waals surface area contributed by atoms with Crippen LogP contribution in [-0.2, 0) is 11.3 Å². The number of carbonyl (C=O) groups excluding carboxylic acids is 2. The molecule has 3 N–H and O–H groups in total. The number of nitrogens with one attached hydrogen (secondary N) is 3. The van der Waals surface area contributed by atoms with Crippen molar-refractivity contribution < 1.29 is 9.59 Å². The molecule has 8 nitrogen and oxygen atoms in total. The largest absolute Gasteiger partial charge is 0.341 e. The van der Waals surface area contributed by atoms with Gasteiger partial charge in [-0.15, -0.1) is 0 Å². The predicted molar refractivity (Wildman–Crippen MR) is 99.2 cm³/mol. The van der Waals surface area contributed by atoms with Gasteiger partial charge in [0.15, 0.2) is 0 Å². The number of hydrogen-bond donors (Lipinski definition) is 3. The first-order valence-corrected chi connectivity index (χ1v) is 7.90. The van der Waals surface area contributed by atoms with E-state index in [-0.39, 0.29) is 23.9 Å². The maximum atomic E-state index is 12.3. The highest BCUT2D eigenvalue weighted by molar-refractivity contribution is 5.92. The number of anilines is 2. The molecule has 132 valence electrons. The fourth-order valence-corrected chi connectivity index (χ4v) is 2.45. The minimum Gasteiger partial charge on any atom is -0.341 e. The Labute approximate surface area is 148 Å². The molecule has 26 heavy (non-hydrogen) atoms. The molecular weight excluding hydrogens is 334 g/mol. The van der Waals surface area contributed by atoms with Gasteiger partial charge in [0, 0.05) is 23.8 Å². The predicted octanol–water partition coefficient (Wildman–Crippen LogP) is 1.79. The number of hydrogen-bond acceptors (Lipinski definition) is 4. The molecular formula is C18H17N5O3. The van der Waals surface area contributed by atoms with Gasteiger partial charge in [0.25, 0.3) is 0 Å². The van der Waals surface area contributed by atoms with E-state index < -0.39 is 0 Å². The normalized spacial score (nSPS) is 10.3. The number of carbonyl (C=O) groups is 2. The number of amides is 3. The molecule has 0 aliphatic carbocycles. The third kappa shape index (κ3) is 3.86. The zero-order valence-corrected chi connectivity index (χ0v) is 14.0. The topological polar surface area (TPSA) is 105 Å². The molecule has 1 heterocycles. The van der Waals surface area contributed by atoms with Crippen molar-refractivity contribution in [2.45, 2.75) is 6.54 Å². The van der Waals surface area contributed by atoms with E-state index in [9.17, 15) is 14.4 Å². The molecule has 3 aromatic rings. The van der Waals surface area contributed by atoms with Gasteiger partial charge < -0.3 is 16.0 Å². The van der Waals surface area contributed by atoms with Crippen LogP contribution in [0, 0.1) is 0 Å². The Morgan fingerprint density at radius 2 is 1.65 bits per heavy atom. The summed E-state index contributed by atoms with van der Waals surface area (Å²) in [6, 6.07) is 13.4. The number of benzene rings is 2. The van der Waals surface area contributed by atoms with E-state index in [4.69, 9.17) is 0 Å². The van der Waals surface area contributed by atoms with E-state index in [2.05, 4.69) is 21.0 Å². The molecule has 0 radical (unpaired) electrons. The first kappa shape index (κ1) is 17.2. The van der Waals surface area contributed by atoms with Crippen molar-refractivity contribution in [3.8, 4) is 0 Å². The lowest BCUT2D eigenvalue weighted by Crippen LogP contribution is -2.24. The van der Waals surface area contributed by atoms with Gasteiger partial charge in [-0.1, -0.05) is 12.1 Å². The molecule has 0 fully saturated rings. The van der Waals surface area contributed by atoms with Crippen LogP contribution in [0.25, 0.3) is 10.9 Å². The monoisotopic (exact) mass is 351 g/mol. The van der Waals surface area contributed by atoms with Crippen molar-refractivity contribution in [1.82, 2.24) is 15.1 Å². The van der Waals surface area contributed by atoms with Crippen molar-refractivity contribution in [2.24, 2.45) is 0 Å². The number of rotatable bonds is 4. The second-order valence-corrected chi connectivity index (χ2v) is 5.51. The van der Waals surface area contributed by atoms with Crippen molar-refractivity contribution >= 4 is 34.2 Å². The van der Waals surface area contributed by atoms with Crippen LogP contribution in [-0.4, -0.2) is 28.8 Å². The molecule has 8 heteroatoms. The Morgan fingerprint density at radius 3 is 2.35 bits per heavy atom. The molecule has 0 unspecified atom stereocenters. The van der Waals surface area contributed by atoms with Crippen molar-refractivity contribution in [2.75, 3.05) is 17.7 Å². The first-order valence-electron chi connectivity index (χ1n) is 7.90. The Morgan fingerprint density at radius 1 is 1.00 bits per heavy atom. The smallest absolute Gasteiger partial charge is 0.318 e. The summed E-state index contributed by atoms with van der Waals surface area (Å²) in [5.41, 5.74) is 1.61. The van der Waals surface area contributed by atoms with E-state index in [1.807, 2.05) is 0 Å². The summed E-state index contributed by atoms with van der Waals surface area (Å²) in [5.74, 6) is -0.279. The van der Waals surface area contributed by atoms with Crippen LogP contribution in [0.1, 0.15) is 0 Å². The van der Waals surface area contributed by atoms with Crippen molar-refractivity contribution in [3.05, 3.63) is 65.0 Å². The van der Waals surface area contributed by atoms with Gasteiger partial charge in [0.1, 0.15) is 6.54 Å². The van der Waals surface area contributed by atoms with Crippen LogP contribution in [0.4, 0.5) is 16.2 Å². The maximum absolute atomic E-state index is 12.3. The molecule has 3 rings (SSSR count). The fourth-order valence-electron chi connectivity index (χ4n) is 2.45. The number of aromatic nitrogens is 2. The van der Waals surface area contributed by atoms with Crippen molar-refractivity contribution in [3.63, 3.8) is 0 Å². The molecule has 0 spiro atoms. The number of urea groups is 1. The Hall–Kier alpha value is -3.68. The Bertz CT molecular complexity index is 1010. The summed E-state index contributed by atoms with van der Waals surface area (Å²) in [4.78, 5) is 35.4. The Balaban J connectivity index is 1.71. The molecule has 0 aliphatic heterocycles.